The minimum atomic E-state index is -0.298. The van der Waals surface area contributed by atoms with Gasteiger partial charge < -0.3 is 30.1 Å². The van der Waals surface area contributed by atoms with Gasteiger partial charge in [-0.15, -0.1) is 10.2 Å². The molecule has 57 heavy (non-hydrogen) atoms. The van der Waals surface area contributed by atoms with Crippen molar-refractivity contribution in [3.63, 3.8) is 0 Å². The van der Waals surface area contributed by atoms with Crippen LogP contribution in [0.3, 0.4) is 0 Å². The van der Waals surface area contributed by atoms with E-state index in [4.69, 9.17) is 19.7 Å². The summed E-state index contributed by atoms with van der Waals surface area (Å²) in [5, 5.41) is 41.6. The maximum Gasteiger partial charge on any atom is 0.320 e. The van der Waals surface area contributed by atoms with Crippen molar-refractivity contribution in [3.05, 3.63) is 77.9 Å². The number of carbonyl (C=O) groups excluding carboxylic acids is 1. The second-order valence-electron chi connectivity index (χ2n) is 16.3. The summed E-state index contributed by atoms with van der Waals surface area (Å²) in [6.45, 7) is 12.7. The lowest BCUT2D eigenvalue weighted by Crippen LogP contribution is -2.38. The molecule has 1 aliphatic carbocycles. The Hall–Kier alpha value is -5.48. The van der Waals surface area contributed by atoms with Crippen molar-refractivity contribution in [1.82, 2.24) is 44.4 Å². The number of carbonyl (C=O) groups is 2. The first-order chi connectivity index (χ1) is 27.5. The van der Waals surface area contributed by atoms with Crippen molar-refractivity contribution < 1.29 is 24.5 Å². The maximum absolute atomic E-state index is 13.7. The van der Waals surface area contributed by atoms with Gasteiger partial charge in [0.15, 0.2) is 5.65 Å². The highest BCUT2D eigenvalue weighted by atomic mass is 16.5. The van der Waals surface area contributed by atoms with Crippen LogP contribution in [0.4, 0.5) is 16.6 Å². The van der Waals surface area contributed by atoms with E-state index in [0.29, 0.717) is 11.9 Å². The van der Waals surface area contributed by atoms with Crippen LogP contribution in [-0.4, -0.2) is 100 Å². The van der Waals surface area contributed by atoms with E-state index in [1.807, 2.05) is 51.8 Å². The molecule has 2 fully saturated rings. The molecule has 0 radical (unpaired) electrons. The molecule has 8 rings (SSSR count). The molecule has 0 saturated carbocycles. The molecule has 0 spiro atoms. The molecule has 6 heterocycles. The Morgan fingerprint density at radius 3 is 2.49 bits per heavy atom. The van der Waals surface area contributed by atoms with Gasteiger partial charge in [-0.2, -0.15) is 10.2 Å². The van der Waals surface area contributed by atoms with Crippen LogP contribution in [0.25, 0.3) is 11.3 Å². The highest BCUT2D eigenvalue weighted by Gasteiger charge is 2.31. The zero-order chi connectivity index (χ0) is 40.1. The van der Waals surface area contributed by atoms with Crippen LogP contribution in [0.1, 0.15) is 102 Å². The molecular formula is C41H55N11O5. The lowest BCUT2D eigenvalue weighted by molar-refractivity contribution is -0.122. The molecule has 16 nitrogen and oxygen atoms in total. The number of hydrogen-bond donors (Lipinski definition) is 4. The van der Waals surface area contributed by atoms with Crippen LogP contribution in [0.5, 0.6) is 5.75 Å². The number of piperidine rings is 2. The van der Waals surface area contributed by atoms with E-state index in [-0.39, 0.29) is 36.2 Å². The van der Waals surface area contributed by atoms with Gasteiger partial charge >= 0.3 is 6.03 Å². The topological polar surface area (TPSA) is 180 Å². The molecule has 2 aliphatic heterocycles. The van der Waals surface area contributed by atoms with Crippen LogP contribution in [0, 0.1) is 0 Å². The number of aromatic nitrogens is 7. The molecule has 2 saturated heterocycles. The van der Waals surface area contributed by atoms with Gasteiger partial charge in [-0.25, -0.2) is 9.48 Å². The van der Waals surface area contributed by atoms with Crippen molar-refractivity contribution >= 4 is 29.9 Å². The Balaban J connectivity index is 0.00000160. The Kier molecular flexibility index (Phi) is 12.1. The summed E-state index contributed by atoms with van der Waals surface area (Å²) in [5.41, 5.74) is 4.33. The van der Waals surface area contributed by atoms with Gasteiger partial charge in [-0.3, -0.25) is 19.2 Å². The number of fused-ring (bicyclic) bond motifs is 2. The molecule has 5 aromatic rings. The number of amides is 2. The number of aliphatic hydroxyl groups is 1. The number of benzene rings is 1. The lowest BCUT2D eigenvalue weighted by atomic mass is 9.85. The molecule has 0 bridgehead atoms. The summed E-state index contributed by atoms with van der Waals surface area (Å²) in [4.78, 5) is 26.8. The summed E-state index contributed by atoms with van der Waals surface area (Å²) in [6, 6.07) is 14.0. The van der Waals surface area contributed by atoms with Crippen molar-refractivity contribution in [2.75, 3.05) is 36.4 Å². The number of nitrogens with one attached hydrogen (secondary N) is 2. The Bertz CT molecular complexity index is 2130. The summed E-state index contributed by atoms with van der Waals surface area (Å²) >= 11 is 0. The molecule has 304 valence electrons. The van der Waals surface area contributed by atoms with Gasteiger partial charge in [0.05, 0.1) is 43.0 Å². The Morgan fingerprint density at radius 2 is 1.74 bits per heavy atom. The summed E-state index contributed by atoms with van der Waals surface area (Å²) in [6.07, 6.45) is 12.0. The lowest BCUT2D eigenvalue weighted by Gasteiger charge is -2.33. The quantitative estimate of drug-likeness (QED) is 0.134. The normalized spacial score (nSPS) is 20.4. The molecule has 3 aliphatic rings. The highest BCUT2D eigenvalue weighted by molar-refractivity contribution is 5.89. The number of rotatable bonds is 9. The summed E-state index contributed by atoms with van der Waals surface area (Å²) in [7, 11) is 0. The van der Waals surface area contributed by atoms with E-state index in [9.17, 15) is 9.90 Å². The fraction of sp³-hybridized carbons (Fsp3) is 0.512. The van der Waals surface area contributed by atoms with Gasteiger partial charge in [-0.1, -0.05) is 45.0 Å². The number of aliphatic hydroxyl groups excluding tert-OH is 1. The first-order valence-electron chi connectivity index (χ1n) is 20.1. The van der Waals surface area contributed by atoms with Crippen molar-refractivity contribution in [2.24, 2.45) is 0 Å². The fourth-order valence-electron chi connectivity index (χ4n) is 8.02. The van der Waals surface area contributed by atoms with E-state index < -0.39 is 0 Å². The number of carboxylic acid groups (broad SMARTS) is 1. The Labute approximate surface area is 332 Å². The molecule has 4 N–H and O–H groups in total. The smallest absolute Gasteiger partial charge is 0.320 e. The minimum Gasteiger partial charge on any atom is -0.484 e. The summed E-state index contributed by atoms with van der Waals surface area (Å²) < 4.78 is 12.4. The van der Waals surface area contributed by atoms with Gasteiger partial charge in [0.25, 0.3) is 6.47 Å². The van der Waals surface area contributed by atoms with E-state index in [0.717, 1.165) is 111 Å². The SMILES string of the molecule is C[C@H]1CCCCN1c1nnc2ccc(O[C@@H]3CC[C@H](NC(=O)Nc4cc(C(C)(C)C)nn4-c4cnn(CCN5CCC(O)CC5)c4)c4ccccc43)cn12.O=CO. The average Bonchev–Trinajstić information content (AvgIpc) is 3.95. The van der Waals surface area contributed by atoms with Crippen LogP contribution >= 0.6 is 0 Å². The van der Waals surface area contributed by atoms with Crippen LogP contribution < -0.4 is 20.3 Å². The van der Waals surface area contributed by atoms with Gasteiger partial charge in [-0.05, 0) is 75.1 Å². The van der Waals surface area contributed by atoms with Crippen molar-refractivity contribution in [2.45, 2.75) is 109 Å². The molecule has 4 aromatic heterocycles. The molecule has 3 atom stereocenters. The van der Waals surface area contributed by atoms with Gasteiger partial charge in [0.2, 0.25) is 5.95 Å². The van der Waals surface area contributed by atoms with Gasteiger partial charge in [0.1, 0.15) is 23.4 Å². The first-order valence-corrected chi connectivity index (χ1v) is 20.1. The standard InChI is InChI=1S/C40H53N11O3.CH2O2/c1-27-9-7-8-18-49(27)39-45-44-36-15-12-30(26-50(36)39)54-34-14-13-33(31-10-5-6-11-32(31)34)42-38(53)43-37-23-35(40(2,3)4)46-51(37)28-24-41-48(25-28)22-21-47-19-16-29(52)17-20-47;2-1-3/h5-6,10-12,15,23-27,29,33-34,52H,7-9,13-14,16-22H2,1-4H3,(H2,42,43,53);1H,(H,2,3)/t27-,33-,34+;/m0./s1. The van der Waals surface area contributed by atoms with E-state index in [1.165, 1.54) is 6.42 Å². The van der Waals surface area contributed by atoms with E-state index in [1.54, 1.807) is 10.9 Å². The van der Waals surface area contributed by atoms with Crippen LogP contribution in [0.15, 0.2) is 61.1 Å². The molecule has 16 heteroatoms. The number of nitrogens with zero attached hydrogens (tertiary/aromatic N) is 9. The number of ether oxygens (including phenoxy) is 1. The second kappa shape index (κ2) is 17.3. The predicted octanol–water partition coefficient (Wildman–Crippen LogP) is 5.72. The minimum absolute atomic E-state index is 0.164. The van der Waals surface area contributed by atoms with Crippen LogP contribution in [0.2, 0.25) is 0 Å². The monoisotopic (exact) mass is 781 g/mol. The molecule has 1 aromatic carbocycles. The van der Waals surface area contributed by atoms with Crippen molar-refractivity contribution in [3.8, 4) is 11.4 Å². The first kappa shape index (κ1) is 39.7. The second-order valence-corrected chi connectivity index (χ2v) is 16.3. The number of anilines is 2. The number of likely N-dealkylation sites (tertiary alicyclic amines) is 1. The van der Waals surface area contributed by atoms with Crippen molar-refractivity contribution in [1.29, 1.82) is 0 Å². The van der Waals surface area contributed by atoms with Crippen LogP contribution in [-0.2, 0) is 16.8 Å². The van der Waals surface area contributed by atoms with Gasteiger partial charge in [0, 0.05) is 43.7 Å². The highest BCUT2D eigenvalue weighted by Crippen LogP contribution is 2.39. The third-order valence-electron chi connectivity index (χ3n) is 11.2. The maximum atomic E-state index is 13.7. The largest absolute Gasteiger partial charge is 0.484 e. The third-order valence-corrected chi connectivity index (χ3v) is 11.2. The number of pyridine rings is 1. The zero-order valence-corrected chi connectivity index (χ0v) is 33.3. The number of hydrogen-bond acceptors (Lipinski definition) is 10. The molecular weight excluding hydrogens is 727 g/mol. The third kappa shape index (κ3) is 9.23. The molecule has 0 unspecified atom stereocenters. The van der Waals surface area contributed by atoms with E-state index in [2.05, 4.69) is 75.6 Å². The van der Waals surface area contributed by atoms with E-state index >= 15 is 0 Å². The Morgan fingerprint density at radius 1 is 0.965 bits per heavy atom. The molecule has 2 amide bonds. The number of urea groups is 1. The fourth-order valence-corrected chi connectivity index (χ4v) is 8.02. The summed E-state index contributed by atoms with van der Waals surface area (Å²) in [5.74, 6) is 2.20. The predicted molar refractivity (Wildman–Crippen MR) is 216 cm³/mol. The average molecular weight is 782 g/mol. The zero-order valence-electron chi connectivity index (χ0n) is 33.3.